The SMILES string of the molecule is CCOCCCN(CC(=O)Nc1nc(C)cs1)C(=O)c1ccc(C(F)(F)F)cc1. The quantitative estimate of drug-likeness (QED) is 0.612. The summed E-state index contributed by atoms with van der Waals surface area (Å²) in [7, 11) is 0. The van der Waals surface area contributed by atoms with E-state index in [9.17, 15) is 22.8 Å². The number of hydrogen-bond acceptors (Lipinski definition) is 5. The zero-order valence-electron chi connectivity index (χ0n) is 16.1. The summed E-state index contributed by atoms with van der Waals surface area (Å²) in [5.41, 5.74) is 0.000771. The molecule has 0 spiro atoms. The fraction of sp³-hybridized carbons (Fsp3) is 0.421. The second-order valence-electron chi connectivity index (χ2n) is 6.19. The lowest BCUT2D eigenvalue weighted by Gasteiger charge is -2.22. The van der Waals surface area contributed by atoms with Gasteiger partial charge in [-0.05, 0) is 44.5 Å². The van der Waals surface area contributed by atoms with E-state index < -0.39 is 23.6 Å². The van der Waals surface area contributed by atoms with E-state index in [-0.39, 0.29) is 18.7 Å². The Morgan fingerprint density at radius 1 is 1.24 bits per heavy atom. The number of nitrogens with zero attached hydrogens (tertiary/aromatic N) is 2. The van der Waals surface area contributed by atoms with E-state index in [2.05, 4.69) is 10.3 Å². The van der Waals surface area contributed by atoms with Gasteiger partial charge in [0.05, 0.1) is 11.3 Å². The first-order valence-electron chi connectivity index (χ1n) is 8.97. The highest BCUT2D eigenvalue weighted by Crippen LogP contribution is 2.29. The minimum atomic E-state index is -4.48. The summed E-state index contributed by atoms with van der Waals surface area (Å²) in [4.78, 5) is 30.5. The molecule has 1 aromatic heterocycles. The van der Waals surface area contributed by atoms with Gasteiger partial charge in [-0.25, -0.2) is 4.98 Å². The number of aromatic nitrogens is 1. The van der Waals surface area contributed by atoms with E-state index in [4.69, 9.17) is 4.74 Å². The third-order valence-corrected chi connectivity index (χ3v) is 4.74. The van der Waals surface area contributed by atoms with Crippen molar-refractivity contribution >= 4 is 28.3 Å². The van der Waals surface area contributed by atoms with Crippen molar-refractivity contribution < 1.29 is 27.5 Å². The first-order chi connectivity index (χ1) is 13.7. The number of halogens is 3. The molecule has 0 aliphatic heterocycles. The summed E-state index contributed by atoms with van der Waals surface area (Å²) in [6.07, 6.45) is -3.99. The van der Waals surface area contributed by atoms with Crippen LogP contribution in [0.2, 0.25) is 0 Å². The molecule has 0 saturated carbocycles. The number of carbonyl (C=O) groups is 2. The average molecular weight is 429 g/mol. The smallest absolute Gasteiger partial charge is 0.382 e. The molecule has 0 saturated heterocycles. The second kappa shape index (κ2) is 10.4. The summed E-state index contributed by atoms with van der Waals surface area (Å²) in [5, 5.41) is 4.83. The molecule has 2 amide bonds. The Labute approximate surface area is 170 Å². The Kier molecular flexibility index (Phi) is 8.15. The highest BCUT2D eigenvalue weighted by Gasteiger charge is 2.30. The molecule has 1 heterocycles. The highest BCUT2D eigenvalue weighted by atomic mass is 32.1. The van der Waals surface area contributed by atoms with Gasteiger partial charge in [-0.2, -0.15) is 13.2 Å². The maximum Gasteiger partial charge on any atom is 0.416 e. The van der Waals surface area contributed by atoms with Crippen molar-refractivity contribution in [3.63, 3.8) is 0 Å². The Balaban J connectivity index is 2.08. The Hall–Kier alpha value is -2.46. The van der Waals surface area contributed by atoms with E-state index in [1.54, 1.807) is 12.3 Å². The van der Waals surface area contributed by atoms with E-state index >= 15 is 0 Å². The lowest BCUT2D eigenvalue weighted by Crippen LogP contribution is -2.39. The number of benzene rings is 1. The van der Waals surface area contributed by atoms with Gasteiger partial charge in [-0.15, -0.1) is 11.3 Å². The molecule has 0 radical (unpaired) electrons. The molecule has 0 fully saturated rings. The number of aryl methyl sites for hydroxylation is 1. The van der Waals surface area contributed by atoms with Crippen LogP contribution >= 0.6 is 11.3 Å². The molecule has 0 aliphatic rings. The van der Waals surface area contributed by atoms with Crippen LogP contribution < -0.4 is 5.32 Å². The lowest BCUT2D eigenvalue weighted by molar-refractivity contribution is -0.137. The fourth-order valence-corrected chi connectivity index (χ4v) is 3.19. The molecule has 0 unspecified atom stereocenters. The van der Waals surface area contributed by atoms with Crippen molar-refractivity contribution in [2.45, 2.75) is 26.4 Å². The molecule has 6 nitrogen and oxygen atoms in total. The maximum absolute atomic E-state index is 12.8. The Bertz CT molecular complexity index is 822. The first-order valence-corrected chi connectivity index (χ1v) is 9.85. The van der Waals surface area contributed by atoms with Gasteiger partial charge in [0.15, 0.2) is 5.13 Å². The molecule has 2 rings (SSSR count). The van der Waals surface area contributed by atoms with E-state index in [1.165, 1.54) is 16.2 Å². The fourth-order valence-electron chi connectivity index (χ4n) is 2.48. The zero-order chi connectivity index (χ0) is 21.4. The van der Waals surface area contributed by atoms with Gasteiger partial charge in [0.2, 0.25) is 5.91 Å². The van der Waals surface area contributed by atoms with Gasteiger partial charge >= 0.3 is 6.18 Å². The molecule has 29 heavy (non-hydrogen) atoms. The Morgan fingerprint density at radius 2 is 1.93 bits per heavy atom. The van der Waals surface area contributed by atoms with Gasteiger partial charge in [-0.3, -0.25) is 9.59 Å². The van der Waals surface area contributed by atoms with Crippen LogP contribution in [-0.4, -0.2) is 48.0 Å². The van der Waals surface area contributed by atoms with Gasteiger partial charge < -0.3 is 15.0 Å². The van der Waals surface area contributed by atoms with Crippen molar-refractivity contribution in [1.82, 2.24) is 9.88 Å². The van der Waals surface area contributed by atoms with Crippen LogP contribution in [0.15, 0.2) is 29.6 Å². The van der Waals surface area contributed by atoms with E-state index in [0.29, 0.717) is 24.8 Å². The summed E-state index contributed by atoms with van der Waals surface area (Å²) in [5.74, 6) is -0.961. The first kappa shape index (κ1) is 22.8. The predicted molar refractivity (Wildman–Crippen MR) is 104 cm³/mol. The maximum atomic E-state index is 12.8. The number of hydrogen-bond donors (Lipinski definition) is 1. The standard InChI is InChI=1S/C19H22F3N3O3S/c1-3-28-10-4-9-25(11-16(26)24-18-23-13(2)12-29-18)17(27)14-5-7-15(8-6-14)19(20,21)22/h5-8,12H,3-4,9-11H2,1-2H3,(H,23,24,26). The zero-order valence-corrected chi connectivity index (χ0v) is 16.9. The predicted octanol–water partition coefficient (Wildman–Crippen LogP) is 3.98. The molecular formula is C19H22F3N3O3S. The monoisotopic (exact) mass is 429 g/mol. The van der Waals surface area contributed by atoms with Crippen LogP contribution in [0, 0.1) is 6.92 Å². The van der Waals surface area contributed by atoms with Crippen LogP contribution in [0.1, 0.15) is 35.0 Å². The van der Waals surface area contributed by atoms with Gasteiger partial charge in [0.1, 0.15) is 6.54 Å². The second-order valence-corrected chi connectivity index (χ2v) is 7.05. The van der Waals surface area contributed by atoms with Crippen LogP contribution in [0.5, 0.6) is 0 Å². The van der Waals surface area contributed by atoms with Crippen LogP contribution in [0.25, 0.3) is 0 Å². The lowest BCUT2D eigenvalue weighted by atomic mass is 10.1. The number of alkyl halides is 3. The summed E-state index contributed by atoms with van der Waals surface area (Å²) < 4.78 is 43.5. The number of rotatable bonds is 9. The molecular weight excluding hydrogens is 407 g/mol. The van der Waals surface area contributed by atoms with Crippen molar-refractivity contribution in [3.05, 3.63) is 46.5 Å². The number of thiazole rings is 1. The van der Waals surface area contributed by atoms with Crippen molar-refractivity contribution in [2.24, 2.45) is 0 Å². The van der Waals surface area contributed by atoms with Crippen LogP contribution in [0.4, 0.5) is 18.3 Å². The van der Waals surface area contributed by atoms with Gasteiger partial charge in [0.25, 0.3) is 5.91 Å². The van der Waals surface area contributed by atoms with Crippen molar-refractivity contribution in [2.75, 3.05) is 31.6 Å². The number of carbonyl (C=O) groups excluding carboxylic acids is 2. The highest BCUT2D eigenvalue weighted by molar-refractivity contribution is 7.13. The number of ether oxygens (including phenoxy) is 1. The van der Waals surface area contributed by atoms with Gasteiger partial charge in [0, 0.05) is 30.7 Å². The third-order valence-electron chi connectivity index (χ3n) is 3.87. The molecule has 1 aromatic carbocycles. The topological polar surface area (TPSA) is 71.5 Å². The van der Waals surface area contributed by atoms with Gasteiger partial charge in [-0.1, -0.05) is 0 Å². The number of nitrogens with one attached hydrogen (secondary N) is 1. The normalized spacial score (nSPS) is 11.3. The molecule has 2 aromatic rings. The molecule has 0 atom stereocenters. The molecule has 10 heteroatoms. The number of anilines is 1. The summed E-state index contributed by atoms with van der Waals surface area (Å²) in [6, 6.07) is 3.93. The number of amides is 2. The molecule has 0 aliphatic carbocycles. The van der Waals surface area contributed by atoms with Crippen molar-refractivity contribution in [1.29, 1.82) is 0 Å². The summed E-state index contributed by atoms with van der Waals surface area (Å²) in [6.45, 7) is 4.54. The summed E-state index contributed by atoms with van der Waals surface area (Å²) >= 11 is 1.27. The third kappa shape index (κ3) is 7.13. The largest absolute Gasteiger partial charge is 0.416 e. The molecule has 1 N–H and O–H groups in total. The van der Waals surface area contributed by atoms with E-state index in [1.807, 2.05) is 6.92 Å². The minimum absolute atomic E-state index is 0.0762. The van der Waals surface area contributed by atoms with Crippen LogP contribution in [-0.2, 0) is 15.7 Å². The Morgan fingerprint density at radius 3 is 2.48 bits per heavy atom. The average Bonchev–Trinajstić information content (AvgIpc) is 3.07. The van der Waals surface area contributed by atoms with Crippen molar-refractivity contribution in [3.8, 4) is 0 Å². The molecule has 158 valence electrons. The molecule has 0 bridgehead atoms. The van der Waals surface area contributed by atoms with E-state index in [0.717, 1.165) is 30.0 Å². The van der Waals surface area contributed by atoms with Crippen LogP contribution in [0.3, 0.4) is 0 Å². The minimum Gasteiger partial charge on any atom is -0.382 e.